The van der Waals surface area contributed by atoms with Gasteiger partial charge in [0.25, 0.3) is 20.0 Å². The van der Waals surface area contributed by atoms with Crippen LogP contribution in [-0.4, -0.2) is 16.8 Å². The van der Waals surface area contributed by atoms with E-state index in [4.69, 9.17) is 0 Å². The lowest BCUT2D eigenvalue weighted by molar-refractivity contribution is 0.599. The van der Waals surface area contributed by atoms with E-state index in [1.54, 1.807) is 66.7 Å². The van der Waals surface area contributed by atoms with Gasteiger partial charge < -0.3 is 0 Å². The van der Waals surface area contributed by atoms with Crippen molar-refractivity contribution < 1.29 is 16.8 Å². The molecule has 2 N–H and O–H groups in total. The van der Waals surface area contributed by atoms with E-state index in [-0.39, 0.29) is 9.79 Å². The Hall–Kier alpha value is -2.88. The average molecular weight is 545 g/mol. The topological polar surface area (TPSA) is 92.3 Å². The summed E-state index contributed by atoms with van der Waals surface area (Å²) in [5.41, 5.74) is 2.55. The number of halogens is 1. The van der Waals surface area contributed by atoms with Crippen LogP contribution < -0.4 is 9.44 Å². The predicted molar refractivity (Wildman–Crippen MR) is 136 cm³/mol. The van der Waals surface area contributed by atoms with Crippen LogP contribution in [0.2, 0.25) is 0 Å². The van der Waals surface area contributed by atoms with Crippen LogP contribution in [0, 0.1) is 13.8 Å². The molecule has 0 spiro atoms. The molecule has 0 aliphatic rings. The summed E-state index contributed by atoms with van der Waals surface area (Å²) in [5, 5.41) is 1.10. The highest BCUT2D eigenvalue weighted by molar-refractivity contribution is 9.10. The molecule has 33 heavy (non-hydrogen) atoms. The molecule has 0 aliphatic heterocycles. The van der Waals surface area contributed by atoms with Crippen molar-refractivity contribution in [2.24, 2.45) is 0 Å². The second-order valence-electron chi connectivity index (χ2n) is 7.66. The predicted octanol–water partition coefficient (Wildman–Crippen LogP) is 5.82. The van der Waals surface area contributed by atoms with Crippen molar-refractivity contribution in [3.8, 4) is 0 Å². The summed E-state index contributed by atoms with van der Waals surface area (Å²) in [6, 6.07) is 21.6. The van der Waals surface area contributed by atoms with Crippen LogP contribution in [0.15, 0.2) is 93.1 Å². The minimum absolute atomic E-state index is 0.133. The van der Waals surface area contributed by atoms with Gasteiger partial charge in [0.05, 0.1) is 21.2 Å². The fourth-order valence-electron chi connectivity index (χ4n) is 3.36. The number of sulfonamides is 2. The van der Waals surface area contributed by atoms with E-state index in [1.807, 2.05) is 13.8 Å². The second-order valence-corrected chi connectivity index (χ2v) is 11.9. The molecule has 0 radical (unpaired) electrons. The number of aryl methyl sites for hydroxylation is 2. The molecule has 0 atom stereocenters. The minimum Gasteiger partial charge on any atom is -0.279 e. The van der Waals surface area contributed by atoms with Gasteiger partial charge >= 0.3 is 0 Å². The maximum absolute atomic E-state index is 13.0. The Balaban J connectivity index is 1.77. The van der Waals surface area contributed by atoms with Crippen LogP contribution in [-0.2, 0) is 20.0 Å². The summed E-state index contributed by atoms with van der Waals surface area (Å²) < 4.78 is 57.6. The van der Waals surface area contributed by atoms with Crippen molar-refractivity contribution in [2.45, 2.75) is 23.6 Å². The van der Waals surface area contributed by atoms with Crippen LogP contribution >= 0.6 is 15.9 Å². The van der Waals surface area contributed by atoms with Gasteiger partial charge in [0.15, 0.2) is 0 Å². The highest BCUT2D eigenvalue weighted by atomic mass is 79.9. The minimum atomic E-state index is -3.86. The first-order valence-electron chi connectivity index (χ1n) is 9.97. The van der Waals surface area contributed by atoms with Gasteiger partial charge in [0.1, 0.15) is 0 Å². The second kappa shape index (κ2) is 8.81. The molecule has 0 heterocycles. The largest absolute Gasteiger partial charge is 0.279 e. The molecule has 0 amide bonds. The number of rotatable bonds is 6. The summed E-state index contributed by atoms with van der Waals surface area (Å²) >= 11 is 3.42. The van der Waals surface area contributed by atoms with E-state index in [2.05, 4.69) is 25.4 Å². The van der Waals surface area contributed by atoms with Gasteiger partial charge in [-0.2, -0.15) is 0 Å². The van der Waals surface area contributed by atoms with E-state index in [0.717, 1.165) is 11.1 Å². The van der Waals surface area contributed by atoms with Crippen LogP contribution in [0.3, 0.4) is 0 Å². The van der Waals surface area contributed by atoms with Crippen LogP contribution in [0.1, 0.15) is 11.1 Å². The lowest BCUT2D eigenvalue weighted by Crippen LogP contribution is -2.15. The summed E-state index contributed by atoms with van der Waals surface area (Å²) in [4.78, 5) is 0.269. The molecule has 4 aromatic rings. The number of nitrogens with one attached hydrogen (secondary N) is 2. The Morgan fingerprint density at radius 1 is 0.636 bits per heavy atom. The molecule has 0 aliphatic carbocycles. The molecular weight excluding hydrogens is 524 g/mol. The van der Waals surface area contributed by atoms with Crippen LogP contribution in [0.25, 0.3) is 10.8 Å². The summed E-state index contributed by atoms with van der Waals surface area (Å²) in [5.74, 6) is 0. The molecule has 0 aromatic heterocycles. The van der Waals surface area contributed by atoms with Crippen molar-refractivity contribution in [2.75, 3.05) is 9.44 Å². The monoisotopic (exact) mass is 544 g/mol. The number of fused-ring (bicyclic) bond motifs is 1. The van der Waals surface area contributed by atoms with Gasteiger partial charge in [0, 0.05) is 15.2 Å². The first-order valence-corrected chi connectivity index (χ1v) is 13.7. The third kappa shape index (κ3) is 4.90. The summed E-state index contributed by atoms with van der Waals surface area (Å²) in [6.45, 7) is 3.76. The number of anilines is 2. The van der Waals surface area contributed by atoms with Gasteiger partial charge in [-0.1, -0.05) is 59.7 Å². The molecule has 170 valence electrons. The number of benzene rings is 4. The Morgan fingerprint density at radius 3 is 1.61 bits per heavy atom. The molecule has 0 saturated heterocycles. The Morgan fingerprint density at radius 2 is 1.09 bits per heavy atom. The molecule has 0 fully saturated rings. The molecule has 4 rings (SSSR count). The summed E-state index contributed by atoms with van der Waals surface area (Å²) in [6.07, 6.45) is 0. The molecule has 6 nitrogen and oxygen atoms in total. The van der Waals surface area contributed by atoms with E-state index in [1.165, 1.54) is 12.1 Å². The highest BCUT2D eigenvalue weighted by Gasteiger charge is 2.21. The van der Waals surface area contributed by atoms with Gasteiger partial charge in [-0.25, -0.2) is 16.8 Å². The maximum atomic E-state index is 13.0. The number of hydrogen-bond acceptors (Lipinski definition) is 4. The van der Waals surface area contributed by atoms with Gasteiger partial charge in [-0.05, 0) is 60.1 Å². The van der Waals surface area contributed by atoms with Crippen LogP contribution in [0.4, 0.5) is 11.4 Å². The van der Waals surface area contributed by atoms with E-state index < -0.39 is 20.0 Å². The van der Waals surface area contributed by atoms with Crippen molar-refractivity contribution in [1.29, 1.82) is 0 Å². The van der Waals surface area contributed by atoms with Gasteiger partial charge in [0.2, 0.25) is 0 Å². The van der Waals surface area contributed by atoms with Crippen molar-refractivity contribution >= 4 is 58.1 Å². The lowest BCUT2D eigenvalue weighted by atomic mass is 10.1. The molecule has 4 aromatic carbocycles. The normalized spacial score (nSPS) is 12.0. The van der Waals surface area contributed by atoms with E-state index >= 15 is 0 Å². The molecule has 0 unspecified atom stereocenters. The van der Waals surface area contributed by atoms with Crippen molar-refractivity contribution in [1.82, 2.24) is 0 Å². The average Bonchev–Trinajstić information content (AvgIpc) is 2.77. The first-order chi connectivity index (χ1) is 15.6. The Labute approximate surface area is 201 Å². The maximum Gasteiger partial charge on any atom is 0.261 e. The molecule has 0 saturated carbocycles. The van der Waals surface area contributed by atoms with Crippen molar-refractivity contribution in [3.63, 3.8) is 0 Å². The molecule has 9 heteroatoms. The lowest BCUT2D eigenvalue weighted by Gasteiger charge is -2.17. The zero-order chi connectivity index (χ0) is 23.8. The summed E-state index contributed by atoms with van der Waals surface area (Å²) in [7, 11) is -7.70. The fourth-order valence-corrected chi connectivity index (χ4v) is 6.21. The quantitative estimate of drug-likeness (QED) is 0.319. The Bertz CT molecular complexity index is 1550. The van der Waals surface area contributed by atoms with Gasteiger partial charge in [-0.3, -0.25) is 9.44 Å². The third-order valence-corrected chi connectivity index (χ3v) is 8.51. The van der Waals surface area contributed by atoms with Gasteiger partial charge in [-0.15, -0.1) is 0 Å². The SMILES string of the molecule is Cc1ccc(S(=O)(=O)Nc2cc(Br)c(NS(=O)(=O)c3ccc(C)cc3)c3ccccc23)cc1. The van der Waals surface area contributed by atoms with Crippen LogP contribution in [0.5, 0.6) is 0 Å². The van der Waals surface area contributed by atoms with E-state index in [0.29, 0.717) is 26.6 Å². The van der Waals surface area contributed by atoms with E-state index in [9.17, 15) is 16.8 Å². The molecular formula is C24H21BrN2O4S2. The first kappa shape index (κ1) is 23.3. The molecule has 0 bridgehead atoms. The number of hydrogen-bond donors (Lipinski definition) is 2. The smallest absolute Gasteiger partial charge is 0.261 e. The zero-order valence-corrected chi connectivity index (χ0v) is 21.1. The standard InChI is InChI=1S/C24H21BrN2O4S2/c1-16-7-11-18(12-8-16)32(28,29)26-23-15-22(25)24(21-6-4-3-5-20(21)23)27-33(30,31)19-13-9-17(2)10-14-19/h3-15,26-27H,1-2H3. The van der Waals surface area contributed by atoms with Crippen molar-refractivity contribution in [3.05, 3.63) is 94.5 Å². The Kier molecular flexibility index (Phi) is 6.22. The third-order valence-electron chi connectivity index (χ3n) is 5.14. The zero-order valence-electron chi connectivity index (χ0n) is 17.8. The highest BCUT2D eigenvalue weighted by Crippen LogP contribution is 2.38. The fraction of sp³-hybridized carbons (Fsp3) is 0.0833.